The Morgan fingerprint density at radius 3 is 2.81 bits per heavy atom. The maximum atomic E-state index is 14.5. The third kappa shape index (κ3) is 4.46. The highest BCUT2D eigenvalue weighted by Gasteiger charge is 2.49. The standard InChI is InChI=1S/C32H30ClF2N5O2/c1-3-28(41)39-12-11-26-27(39)16-40(26)31-23-9-7-19(22-6-4-5-18-8-10-24(35)30(33)29(18)22)13-25(23)36-32(37-31)42-17-21-14-20(34)15-38(21)2/h3-10,13,20-21,26-27H,1,11-12,14-17H2,2H3/t20-,21+,26?,27-/m1/s1. The molecule has 0 bridgehead atoms. The number of rotatable bonds is 6. The first-order valence-corrected chi connectivity index (χ1v) is 14.6. The Kier molecular flexibility index (Phi) is 6.74. The maximum absolute atomic E-state index is 14.5. The Labute approximate surface area is 247 Å². The number of amides is 1. The Hall–Kier alpha value is -3.82. The smallest absolute Gasteiger partial charge is 0.319 e. The second-order valence-corrected chi connectivity index (χ2v) is 11.8. The van der Waals surface area contributed by atoms with Gasteiger partial charge >= 0.3 is 6.01 Å². The highest BCUT2D eigenvalue weighted by molar-refractivity contribution is 6.36. The van der Waals surface area contributed by atoms with Crippen LogP contribution in [0.25, 0.3) is 32.8 Å². The Bertz CT molecular complexity index is 1730. The molecular formula is C32H30ClF2N5O2. The predicted molar refractivity (Wildman–Crippen MR) is 160 cm³/mol. The van der Waals surface area contributed by atoms with Crippen molar-refractivity contribution in [1.29, 1.82) is 0 Å². The van der Waals surface area contributed by atoms with Crippen LogP contribution < -0.4 is 9.64 Å². The normalized spacial score (nSPS) is 23.8. The van der Waals surface area contributed by atoms with Crippen LogP contribution in [0, 0.1) is 5.82 Å². The number of carbonyl (C=O) groups excluding carboxylic acids is 1. The minimum absolute atomic E-state index is 0.0552. The molecule has 3 aliphatic rings. The molecule has 1 amide bonds. The Morgan fingerprint density at radius 2 is 2.02 bits per heavy atom. The van der Waals surface area contributed by atoms with E-state index in [1.165, 1.54) is 12.1 Å². The lowest BCUT2D eigenvalue weighted by Crippen LogP contribution is -2.63. The van der Waals surface area contributed by atoms with Crippen molar-refractivity contribution in [2.45, 2.75) is 37.1 Å². The molecule has 3 aliphatic heterocycles. The van der Waals surface area contributed by atoms with E-state index in [1.807, 2.05) is 53.2 Å². The molecule has 7 rings (SSSR count). The molecule has 0 N–H and O–H groups in total. The van der Waals surface area contributed by atoms with Gasteiger partial charge in [0.15, 0.2) is 0 Å². The Morgan fingerprint density at radius 1 is 1.17 bits per heavy atom. The van der Waals surface area contributed by atoms with Crippen molar-refractivity contribution in [2.75, 3.05) is 38.2 Å². The van der Waals surface area contributed by atoms with E-state index in [0.29, 0.717) is 37.0 Å². The number of aromatic nitrogens is 2. The number of carbonyl (C=O) groups is 1. The van der Waals surface area contributed by atoms with Gasteiger partial charge in [0, 0.05) is 36.4 Å². The van der Waals surface area contributed by atoms with Crippen molar-refractivity contribution in [3.05, 3.63) is 72.0 Å². The molecule has 4 aromatic rings. The van der Waals surface area contributed by atoms with E-state index in [1.54, 1.807) is 6.07 Å². The third-order valence-electron chi connectivity index (χ3n) is 8.97. The predicted octanol–water partition coefficient (Wildman–Crippen LogP) is 5.64. The summed E-state index contributed by atoms with van der Waals surface area (Å²) in [6.07, 6.45) is 1.72. The lowest BCUT2D eigenvalue weighted by Gasteiger charge is -2.47. The summed E-state index contributed by atoms with van der Waals surface area (Å²) in [5, 5.41) is 2.40. The molecule has 42 heavy (non-hydrogen) atoms. The van der Waals surface area contributed by atoms with E-state index < -0.39 is 12.0 Å². The number of hydrogen-bond donors (Lipinski definition) is 0. The molecule has 0 spiro atoms. The number of fused-ring (bicyclic) bond motifs is 3. The van der Waals surface area contributed by atoms with E-state index in [2.05, 4.69) is 11.5 Å². The zero-order valence-electron chi connectivity index (χ0n) is 23.1. The van der Waals surface area contributed by atoms with Crippen LogP contribution in [-0.2, 0) is 4.79 Å². The van der Waals surface area contributed by atoms with Crippen molar-refractivity contribution in [3.8, 4) is 17.1 Å². The third-order valence-corrected chi connectivity index (χ3v) is 9.34. The number of alkyl halides is 1. The highest BCUT2D eigenvalue weighted by Crippen LogP contribution is 2.41. The quantitative estimate of drug-likeness (QED) is 0.271. The van der Waals surface area contributed by atoms with Crippen LogP contribution in [0.3, 0.4) is 0 Å². The molecular weight excluding hydrogens is 560 g/mol. The SMILES string of the molecule is C=CC(=O)N1CCC2[C@H]1CN2c1nc(OC[C@@H]2C[C@@H](F)CN2C)nc2cc(-c3cccc4ccc(F)c(Cl)c34)ccc12. The van der Waals surface area contributed by atoms with E-state index >= 15 is 0 Å². The van der Waals surface area contributed by atoms with Crippen LogP contribution in [0.5, 0.6) is 6.01 Å². The molecule has 1 aromatic heterocycles. The van der Waals surface area contributed by atoms with Crippen molar-refractivity contribution >= 4 is 45.0 Å². The summed E-state index contributed by atoms with van der Waals surface area (Å²) in [5.74, 6) is 0.208. The second kappa shape index (κ2) is 10.5. The van der Waals surface area contributed by atoms with Gasteiger partial charge in [-0.25, -0.2) is 8.78 Å². The first-order chi connectivity index (χ1) is 20.3. The summed E-state index contributed by atoms with van der Waals surface area (Å²) in [6, 6.07) is 15.1. The zero-order valence-corrected chi connectivity index (χ0v) is 23.9. The fourth-order valence-electron chi connectivity index (χ4n) is 6.72. The summed E-state index contributed by atoms with van der Waals surface area (Å²) < 4.78 is 34.6. The molecule has 3 aromatic carbocycles. The van der Waals surface area contributed by atoms with Crippen molar-refractivity contribution in [2.24, 2.45) is 0 Å². The summed E-state index contributed by atoms with van der Waals surface area (Å²) in [4.78, 5) is 28.0. The molecule has 7 nitrogen and oxygen atoms in total. The molecule has 216 valence electrons. The van der Waals surface area contributed by atoms with Gasteiger partial charge in [-0.3, -0.25) is 9.69 Å². The minimum Gasteiger partial charge on any atom is -0.462 e. The van der Waals surface area contributed by atoms with Gasteiger partial charge < -0.3 is 14.5 Å². The number of anilines is 1. The van der Waals surface area contributed by atoms with E-state index in [0.717, 1.165) is 34.1 Å². The van der Waals surface area contributed by atoms with Crippen LogP contribution in [0.15, 0.2) is 61.2 Å². The lowest BCUT2D eigenvalue weighted by molar-refractivity contribution is -0.127. The largest absolute Gasteiger partial charge is 0.462 e. The number of nitrogens with zero attached hydrogens (tertiary/aromatic N) is 5. The van der Waals surface area contributed by atoms with Crippen LogP contribution >= 0.6 is 11.6 Å². The van der Waals surface area contributed by atoms with Crippen molar-refractivity contribution in [1.82, 2.24) is 19.8 Å². The fourth-order valence-corrected chi connectivity index (χ4v) is 7.00. The molecule has 4 atom stereocenters. The second-order valence-electron chi connectivity index (χ2n) is 11.4. The lowest BCUT2D eigenvalue weighted by atomic mass is 9.95. The number of hydrogen-bond acceptors (Lipinski definition) is 6. The van der Waals surface area contributed by atoms with Crippen LogP contribution in [0.4, 0.5) is 14.6 Å². The van der Waals surface area contributed by atoms with Crippen LogP contribution in [0.2, 0.25) is 5.02 Å². The number of likely N-dealkylation sites (N-methyl/N-ethyl adjacent to an activating group) is 1. The minimum atomic E-state index is -0.877. The van der Waals surface area contributed by atoms with Gasteiger partial charge in [-0.15, -0.1) is 0 Å². The number of benzene rings is 3. The van der Waals surface area contributed by atoms with E-state index in [-0.39, 0.29) is 41.7 Å². The topological polar surface area (TPSA) is 61.8 Å². The first-order valence-electron chi connectivity index (χ1n) is 14.2. The molecule has 3 fully saturated rings. The van der Waals surface area contributed by atoms with Gasteiger partial charge in [-0.2, -0.15) is 9.97 Å². The summed E-state index contributed by atoms with van der Waals surface area (Å²) in [5.41, 5.74) is 2.29. The molecule has 0 radical (unpaired) electrons. The molecule has 10 heteroatoms. The van der Waals surface area contributed by atoms with Gasteiger partial charge in [0.1, 0.15) is 24.4 Å². The zero-order chi connectivity index (χ0) is 29.1. The molecule has 0 saturated carbocycles. The van der Waals surface area contributed by atoms with Gasteiger partial charge in [0.05, 0.1) is 22.6 Å². The average molecular weight is 590 g/mol. The van der Waals surface area contributed by atoms with Crippen LogP contribution in [-0.4, -0.2) is 83.3 Å². The number of halogens is 3. The van der Waals surface area contributed by atoms with Crippen molar-refractivity contribution in [3.63, 3.8) is 0 Å². The monoisotopic (exact) mass is 589 g/mol. The molecule has 0 aliphatic carbocycles. The summed E-state index contributed by atoms with van der Waals surface area (Å²) in [6.45, 7) is 5.61. The first kappa shape index (κ1) is 27.0. The average Bonchev–Trinajstić information content (AvgIpc) is 3.49. The number of ether oxygens (including phenoxy) is 1. The van der Waals surface area contributed by atoms with Gasteiger partial charge in [0.25, 0.3) is 0 Å². The van der Waals surface area contributed by atoms with Gasteiger partial charge in [-0.05, 0) is 60.7 Å². The van der Waals surface area contributed by atoms with Gasteiger partial charge in [-0.1, -0.05) is 48.5 Å². The van der Waals surface area contributed by atoms with Crippen molar-refractivity contribution < 1.29 is 18.3 Å². The van der Waals surface area contributed by atoms with E-state index in [4.69, 9.17) is 26.3 Å². The Balaban J connectivity index is 1.29. The highest BCUT2D eigenvalue weighted by atomic mass is 35.5. The summed E-state index contributed by atoms with van der Waals surface area (Å²) >= 11 is 6.45. The molecule has 4 heterocycles. The number of likely N-dealkylation sites (tertiary alicyclic amines) is 2. The molecule has 3 saturated heterocycles. The fraction of sp³-hybridized carbons (Fsp3) is 0.344. The van der Waals surface area contributed by atoms with Gasteiger partial charge in [0.2, 0.25) is 5.91 Å². The van der Waals surface area contributed by atoms with Crippen LogP contribution in [0.1, 0.15) is 12.8 Å². The maximum Gasteiger partial charge on any atom is 0.319 e. The molecule has 1 unspecified atom stereocenters. The van der Waals surface area contributed by atoms with E-state index in [9.17, 15) is 13.6 Å². The summed E-state index contributed by atoms with van der Waals surface area (Å²) in [7, 11) is 1.89.